The third-order valence-corrected chi connectivity index (χ3v) is 3.71. The fourth-order valence-electron chi connectivity index (χ4n) is 0.959. The molecule has 0 saturated carbocycles. The van der Waals surface area contributed by atoms with E-state index in [1.165, 1.54) is 11.4 Å². The van der Waals surface area contributed by atoms with E-state index in [0.29, 0.717) is 0 Å². The van der Waals surface area contributed by atoms with E-state index in [2.05, 4.69) is 23.5 Å². The molecule has 0 aliphatic rings. The SMILES string of the molecule is CSC(C)CCNCc1nccs1. The van der Waals surface area contributed by atoms with Crippen LogP contribution in [0.15, 0.2) is 11.6 Å². The molecule has 1 N–H and O–H groups in total. The van der Waals surface area contributed by atoms with Gasteiger partial charge in [-0.2, -0.15) is 11.8 Å². The highest BCUT2D eigenvalue weighted by Crippen LogP contribution is 2.08. The van der Waals surface area contributed by atoms with Crippen molar-refractivity contribution in [2.45, 2.75) is 25.1 Å². The molecule has 1 aromatic rings. The first-order valence-corrected chi connectivity index (χ1v) is 6.61. The van der Waals surface area contributed by atoms with Gasteiger partial charge in [0.2, 0.25) is 0 Å². The van der Waals surface area contributed by atoms with Crippen LogP contribution in [0.1, 0.15) is 18.4 Å². The minimum atomic E-state index is 0.754. The molecule has 0 bridgehead atoms. The van der Waals surface area contributed by atoms with Gasteiger partial charge in [0, 0.05) is 23.4 Å². The van der Waals surface area contributed by atoms with Crippen LogP contribution in [0.4, 0.5) is 0 Å². The van der Waals surface area contributed by atoms with E-state index in [1.807, 2.05) is 23.3 Å². The predicted molar refractivity (Wildman–Crippen MR) is 61.4 cm³/mol. The Bertz CT molecular complexity index is 211. The van der Waals surface area contributed by atoms with Gasteiger partial charge in [0.15, 0.2) is 0 Å². The maximum absolute atomic E-state index is 4.20. The third kappa shape index (κ3) is 4.64. The number of nitrogens with one attached hydrogen (secondary N) is 1. The van der Waals surface area contributed by atoms with E-state index in [-0.39, 0.29) is 0 Å². The summed E-state index contributed by atoms with van der Waals surface area (Å²) in [5.41, 5.74) is 0. The van der Waals surface area contributed by atoms with Crippen LogP contribution in [0.25, 0.3) is 0 Å². The molecule has 1 unspecified atom stereocenters. The van der Waals surface area contributed by atoms with Crippen molar-refractivity contribution in [1.82, 2.24) is 10.3 Å². The van der Waals surface area contributed by atoms with Gasteiger partial charge < -0.3 is 5.32 Å². The summed E-state index contributed by atoms with van der Waals surface area (Å²) in [5, 5.41) is 7.33. The van der Waals surface area contributed by atoms with Gasteiger partial charge in [-0.05, 0) is 19.2 Å². The van der Waals surface area contributed by atoms with Crippen molar-refractivity contribution in [2.24, 2.45) is 0 Å². The van der Waals surface area contributed by atoms with E-state index in [9.17, 15) is 0 Å². The number of rotatable bonds is 6. The summed E-state index contributed by atoms with van der Waals surface area (Å²) in [7, 11) is 0. The Hall–Kier alpha value is -0.0600. The minimum absolute atomic E-state index is 0.754. The standard InChI is InChI=1S/C9H16N2S2/c1-8(12-2)3-4-10-7-9-11-5-6-13-9/h5-6,8,10H,3-4,7H2,1-2H3. The van der Waals surface area contributed by atoms with Crippen LogP contribution >= 0.6 is 23.1 Å². The highest BCUT2D eigenvalue weighted by Gasteiger charge is 1.98. The number of thioether (sulfide) groups is 1. The van der Waals surface area contributed by atoms with Crippen molar-refractivity contribution in [1.29, 1.82) is 0 Å². The van der Waals surface area contributed by atoms with E-state index >= 15 is 0 Å². The number of nitrogens with zero attached hydrogens (tertiary/aromatic N) is 1. The number of thiazole rings is 1. The van der Waals surface area contributed by atoms with E-state index in [4.69, 9.17) is 0 Å². The maximum Gasteiger partial charge on any atom is 0.106 e. The Balaban J connectivity index is 2.02. The smallest absolute Gasteiger partial charge is 0.106 e. The molecule has 1 heterocycles. The summed E-state index contributed by atoms with van der Waals surface area (Å²) < 4.78 is 0. The van der Waals surface area contributed by atoms with Crippen molar-refractivity contribution in [3.05, 3.63) is 16.6 Å². The summed E-state index contributed by atoms with van der Waals surface area (Å²) in [6.45, 7) is 4.26. The molecular formula is C9H16N2S2. The first-order chi connectivity index (χ1) is 6.33. The van der Waals surface area contributed by atoms with Gasteiger partial charge in [-0.25, -0.2) is 4.98 Å². The molecule has 0 fully saturated rings. The topological polar surface area (TPSA) is 24.9 Å². The summed E-state index contributed by atoms with van der Waals surface area (Å²) in [6.07, 6.45) is 5.24. The van der Waals surface area contributed by atoms with Gasteiger partial charge in [-0.15, -0.1) is 11.3 Å². The van der Waals surface area contributed by atoms with Gasteiger partial charge in [0.25, 0.3) is 0 Å². The minimum Gasteiger partial charge on any atom is -0.310 e. The molecule has 0 spiro atoms. The largest absolute Gasteiger partial charge is 0.310 e. The van der Waals surface area contributed by atoms with Crippen molar-refractivity contribution < 1.29 is 0 Å². The molecule has 0 amide bonds. The van der Waals surface area contributed by atoms with Gasteiger partial charge in [0.1, 0.15) is 5.01 Å². The fraction of sp³-hybridized carbons (Fsp3) is 0.667. The number of hydrogen-bond donors (Lipinski definition) is 1. The molecule has 74 valence electrons. The lowest BCUT2D eigenvalue weighted by Gasteiger charge is -2.07. The van der Waals surface area contributed by atoms with Gasteiger partial charge in [0.05, 0.1) is 0 Å². The van der Waals surface area contributed by atoms with E-state index < -0.39 is 0 Å². The van der Waals surface area contributed by atoms with Crippen LogP contribution in [0.5, 0.6) is 0 Å². The lowest BCUT2D eigenvalue weighted by atomic mass is 10.3. The first-order valence-electron chi connectivity index (χ1n) is 4.45. The molecule has 0 radical (unpaired) electrons. The second kappa shape index (κ2) is 6.40. The van der Waals surface area contributed by atoms with Gasteiger partial charge >= 0.3 is 0 Å². The molecule has 2 nitrogen and oxygen atoms in total. The van der Waals surface area contributed by atoms with Crippen LogP contribution in [0, 0.1) is 0 Å². The molecule has 1 rings (SSSR count). The number of aromatic nitrogens is 1. The van der Waals surface area contributed by atoms with E-state index in [1.54, 1.807) is 11.3 Å². The average molecular weight is 216 g/mol. The predicted octanol–water partition coefficient (Wildman–Crippen LogP) is 2.37. The molecular weight excluding hydrogens is 200 g/mol. The van der Waals surface area contributed by atoms with Crippen LogP contribution in [-0.4, -0.2) is 23.0 Å². The van der Waals surface area contributed by atoms with Gasteiger partial charge in [-0.1, -0.05) is 6.92 Å². The molecule has 1 aromatic heterocycles. The molecule has 1 atom stereocenters. The summed E-state index contributed by atoms with van der Waals surface area (Å²) in [6, 6.07) is 0. The van der Waals surface area contributed by atoms with Crippen molar-refractivity contribution in [3.63, 3.8) is 0 Å². The lowest BCUT2D eigenvalue weighted by Crippen LogP contribution is -2.17. The zero-order valence-electron chi connectivity index (χ0n) is 8.12. The zero-order chi connectivity index (χ0) is 9.52. The monoisotopic (exact) mass is 216 g/mol. The van der Waals surface area contributed by atoms with Crippen molar-refractivity contribution >= 4 is 23.1 Å². The lowest BCUT2D eigenvalue weighted by molar-refractivity contribution is 0.646. The molecule has 13 heavy (non-hydrogen) atoms. The summed E-state index contributed by atoms with van der Waals surface area (Å²) in [4.78, 5) is 4.20. The van der Waals surface area contributed by atoms with Crippen molar-refractivity contribution in [3.8, 4) is 0 Å². The quantitative estimate of drug-likeness (QED) is 0.739. The second-order valence-electron chi connectivity index (χ2n) is 2.94. The Labute approximate surface area is 88.2 Å². The van der Waals surface area contributed by atoms with Crippen molar-refractivity contribution in [2.75, 3.05) is 12.8 Å². The first kappa shape index (κ1) is 11.0. The van der Waals surface area contributed by atoms with E-state index in [0.717, 1.165) is 18.3 Å². The van der Waals surface area contributed by atoms with Crippen LogP contribution in [-0.2, 0) is 6.54 Å². The fourth-order valence-corrected chi connectivity index (χ4v) is 1.90. The Morgan fingerprint density at radius 2 is 2.54 bits per heavy atom. The summed E-state index contributed by atoms with van der Waals surface area (Å²) >= 11 is 3.63. The number of hydrogen-bond acceptors (Lipinski definition) is 4. The maximum atomic E-state index is 4.20. The Morgan fingerprint density at radius 1 is 1.69 bits per heavy atom. The Morgan fingerprint density at radius 3 is 3.15 bits per heavy atom. The molecule has 4 heteroatoms. The van der Waals surface area contributed by atoms with Gasteiger partial charge in [-0.3, -0.25) is 0 Å². The molecule has 0 aliphatic carbocycles. The molecule has 0 saturated heterocycles. The Kier molecular flexibility index (Phi) is 5.43. The normalized spacial score (nSPS) is 13.1. The molecule has 0 aliphatic heterocycles. The zero-order valence-corrected chi connectivity index (χ0v) is 9.75. The second-order valence-corrected chi connectivity index (χ2v) is 5.19. The summed E-state index contributed by atoms with van der Waals surface area (Å²) in [5.74, 6) is 0. The van der Waals surface area contributed by atoms with Crippen LogP contribution in [0.3, 0.4) is 0 Å². The van der Waals surface area contributed by atoms with Crippen LogP contribution in [0.2, 0.25) is 0 Å². The average Bonchev–Trinajstić information content (AvgIpc) is 2.64. The highest BCUT2D eigenvalue weighted by molar-refractivity contribution is 7.99. The highest BCUT2D eigenvalue weighted by atomic mass is 32.2. The van der Waals surface area contributed by atoms with Crippen LogP contribution < -0.4 is 5.32 Å². The molecule has 0 aromatic carbocycles. The third-order valence-electron chi connectivity index (χ3n) is 1.89.